The fourth-order valence-electron chi connectivity index (χ4n) is 2.81. The quantitative estimate of drug-likeness (QED) is 0.914. The largest absolute Gasteiger partial charge is 0.366 e. The Balaban J connectivity index is 1.97. The molecule has 0 saturated carbocycles. The Bertz CT molecular complexity index is 570. The summed E-state index contributed by atoms with van der Waals surface area (Å²) in [7, 11) is 0. The molecule has 0 aliphatic carbocycles. The topological polar surface area (TPSA) is 42.2 Å². The van der Waals surface area contributed by atoms with Crippen molar-refractivity contribution in [3.63, 3.8) is 0 Å². The van der Waals surface area contributed by atoms with E-state index in [1.54, 1.807) is 0 Å². The first-order chi connectivity index (χ1) is 9.81. The number of fused-ring (bicyclic) bond motifs is 1. The molecule has 1 fully saturated rings. The van der Waals surface area contributed by atoms with Crippen LogP contribution in [0.3, 0.4) is 0 Å². The van der Waals surface area contributed by atoms with Crippen LogP contribution in [0.5, 0.6) is 0 Å². The molecule has 1 saturated heterocycles. The molecule has 3 rings (SSSR count). The van der Waals surface area contributed by atoms with E-state index in [4.69, 9.17) is 4.98 Å². The first kappa shape index (κ1) is 13.7. The zero-order valence-corrected chi connectivity index (χ0v) is 13.0. The van der Waals surface area contributed by atoms with E-state index in [1.165, 1.54) is 23.6 Å². The van der Waals surface area contributed by atoms with Crippen molar-refractivity contribution in [3.05, 3.63) is 24.0 Å². The Hall–Kier alpha value is -1.23. The summed E-state index contributed by atoms with van der Waals surface area (Å²) in [6.45, 7) is 4.47. The van der Waals surface area contributed by atoms with E-state index in [2.05, 4.69) is 30.3 Å². The molecule has 0 radical (unpaired) electrons. The molecule has 108 valence electrons. The highest BCUT2D eigenvalue weighted by Gasteiger charge is 2.18. The number of rotatable bonds is 5. The second-order valence-corrected chi connectivity index (χ2v) is 6.54. The van der Waals surface area contributed by atoms with Crippen molar-refractivity contribution in [2.45, 2.75) is 45.1 Å². The van der Waals surface area contributed by atoms with Crippen molar-refractivity contribution < 1.29 is 0 Å². The summed E-state index contributed by atoms with van der Waals surface area (Å²) in [5.74, 6) is 4.07. The number of hydrogen-bond donors (Lipinski definition) is 1. The van der Waals surface area contributed by atoms with Crippen LogP contribution in [-0.2, 0) is 0 Å². The zero-order valence-electron chi connectivity index (χ0n) is 12.2. The molecule has 1 aliphatic heterocycles. The molecule has 0 bridgehead atoms. The van der Waals surface area contributed by atoms with Gasteiger partial charge in [-0.15, -0.1) is 0 Å². The molecule has 2 aromatic rings. The summed E-state index contributed by atoms with van der Waals surface area (Å²) in [6.07, 6.45) is 5.32. The first-order valence-electron chi connectivity index (χ1n) is 7.50. The van der Waals surface area contributed by atoms with Gasteiger partial charge in [0.25, 0.3) is 0 Å². The minimum Gasteiger partial charge on any atom is -0.366 e. The van der Waals surface area contributed by atoms with Gasteiger partial charge in [-0.3, -0.25) is 0 Å². The van der Waals surface area contributed by atoms with Gasteiger partial charge in [0, 0.05) is 35.5 Å². The van der Waals surface area contributed by atoms with Crippen molar-refractivity contribution in [2.24, 2.45) is 0 Å². The third-order valence-electron chi connectivity index (χ3n) is 4.06. The number of nitrogens with one attached hydrogen (secondary N) is 1. The minimum absolute atomic E-state index is 0.536. The van der Waals surface area contributed by atoms with Crippen LogP contribution in [0.2, 0.25) is 0 Å². The van der Waals surface area contributed by atoms with Gasteiger partial charge < -0.3 is 5.32 Å². The summed E-state index contributed by atoms with van der Waals surface area (Å²) >= 11 is 2.02. The Kier molecular flexibility index (Phi) is 4.15. The standard InChI is InChI=1S/C15H22N4S/c1-3-11(4-2)13-9-15(17-12-6-8-20-10-12)19-14(18-13)5-7-16-19/h5,7,9,11-12,17H,3-4,6,8,10H2,1-2H3/t12-/m0/s1. The van der Waals surface area contributed by atoms with Gasteiger partial charge in [-0.2, -0.15) is 21.4 Å². The van der Waals surface area contributed by atoms with Crippen molar-refractivity contribution in [1.29, 1.82) is 0 Å². The Labute approximate surface area is 124 Å². The van der Waals surface area contributed by atoms with E-state index >= 15 is 0 Å². The Morgan fingerprint density at radius 2 is 2.30 bits per heavy atom. The smallest absolute Gasteiger partial charge is 0.157 e. The molecule has 0 unspecified atom stereocenters. The molecule has 2 aromatic heterocycles. The number of hydrogen-bond acceptors (Lipinski definition) is 4. The van der Waals surface area contributed by atoms with Gasteiger partial charge in [0.2, 0.25) is 0 Å². The van der Waals surface area contributed by atoms with E-state index in [1.807, 2.05) is 28.5 Å². The highest BCUT2D eigenvalue weighted by molar-refractivity contribution is 7.99. The van der Waals surface area contributed by atoms with E-state index in [0.29, 0.717) is 12.0 Å². The SMILES string of the molecule is CCC(CC)c1cc(N[C@H]2CCSC2)n2nccc2n1. The molecule has 1 atom stereocenters. The van der Waals surface area contributed by atoms with Gasteiger partial charge in [-0.05, 0) is 25.0 Å². The van der Waals surface area contributed by atoms with Crippen LogP contribution in [-0.4, -0.2) is 32.1 Å². The molecule has 4 nitrogen and oxygen atoms in total. The second-order valence-electron chi connectivity index (χ2n) is 5.39. The van der Waals surface area contributed by atoms with E-state index in [0.717, 1.165) is 24.3 Å². The van der Waals surface area contributed by atoms with Gasteiger partial charge in [0.15, 0.2) is 5.65 Å². The maximum atomic E-state index is 4.77. The fourth-order valence-corrected chi connectivity index (χ4v) is 3.96. The van der Waals surface area contributed by atoms with Gasteiger partial charge >= 0.3 is 0 Å². The molecule has 5 heteroatoms. The van der Waals surface area contributed by atoms with Crippen LogP contribution in [0.25, 0.3) is 5.65 Å². The predicted octanol–water partition coefficient (Wildman–Crippen LogP) is 3.55. The monoisotopic (exact) mass is 290 g/mol. The lowest BCUT2D eigenvalue weighted by molar-refractivity contribution is 0.622. The van der Waals surface area contributed by atoms with E-state index in [9.17, 15) is 0 Å². The van der Waals surface area contributed by atoms with Gasteiger partial charge in [0.05, 0.1) is 6.20 Å². The van der Waals surface area contributed by atoms with Gasteiger partial charge in [-0.25, -0.2) is 4.98 Å². The lowest BCUT2D eigenvalue weighted by Gasteiger charge is -2.17. The number of thioether (sulfide) groups is 1. The fraction of sp³-hybridized carbons (Fsp3) is 0.600. The first-order valence-corrected chi connectivity index (χ1v) is 8.66. The molecular weight excluding hydrogens is 268 g/mol. The Morgan fingerprint density at radius 1 is 1.45 bits per heavy atom. The lowest BCUT2D eigenvalue weighted by Crippen LogP contribution is -2.21. The molecule has 1 aliphatic rings. The van der Waals surface area contributed by atoms with Gasteiger partial charge in [0.1, 0.15) is 5.82 Å². The maximum Gasteiger partial charge on any atom is 0.157 e. The van der Waals surface area contributed by atoms with Crippen LogP contribution in [0.1, 0.15) is 44.7 Å². The van der Waals surface area contributed by atoms with Crippen LogP contribution in [0.4, 0.5) is 5.82 Å². The third kappa shape index (κ3) is 2.64. The normalized spacial score (nSPS) is 19.1. The van der Waals surface area contributed by atoms with E-state index in [-0.39, 0.29) is 0 Å². The summed E-state index contributed by atoms with van der Waals surface area (Å²) in [5.41, 5.74) is 2.14. The summed E-state index contributed by atoms with van der Waals surface area (Å²) in [4.78, 5) is 4.77. The second kappa shape index (κ2) is 6.04. The van der Waals surface area contributed by atoms with Crippen molar-refractivity contribution >= 4 is 23.2 Å². The number of aromatic nitrogens is 3. The highest BCUT2D eigenvalue weighted by atomic mass is 32.2. The average molecular weight is 290 g/mol. The number of nitrogens with zero attached hydrogens (tertiary/aromatic N) is 3. The minimum atomic E-state index is 0.536. The third-order valence-corrected chi connectivity index (χ3v) is 5.23. The summed E-state index contributed by atoms with van der Waals surface area (Å²) < 4.78 is 1.93. The predicted molar refractivity (Wildman–Crippen MR) is 85.7 cm³/mol. The molecule has 0 amide bonds. The molecule has 0 aromatic carbocycles. The average Bonchev–Trinajstić information content (AvgIpc) is 3.11. The summed E-state index contributed by atoms with van der Waals surface area (Å²) in [5, 5.41) is 8.05. The van der Waals surface area contributed by atoms with Crippen LogP contribution in [0, 0.1) is 0 Å². The van der Waals surface area contributed by atoms with E-state index < -0.39 is 0 Å². The van der Waals surface area contributed by atoms with Crippen molar-refractivity contribution in [3.8, 4) is 0 Å². The highest BCUT2D eigenvalue weighted by Crippen LogP contribution is 2.26. The molecule has 3 heterocycles. The van der Waals surface area contributed by atoms with Crippen LogP contribution < -0.4 is 5.32 Å². The zero-order chi connectivity index (χ0) is 13.9. The lowest BCUT2D eigenvalue weighted by atomic mass is 9.99. The number of anilines is 1. The van der Waals surface area contributed by atoms with Crippen LogP contribution >= 0.6 is 11.8 Å². The Morgan fingerprint density at radius 3 is 3.00 bits per heavy atom. The molecular formula is C15H22N4S. The van der Waals surface area contributed by atoms with Crippen molar-refractivity contribution in [2.75, 3.05) is 16.8 Å². The summed E-state index contributed by atoms with van der Waals surface area (Å²) in [6, 6.07) is 4.74. The molecule has 1 N–H and O–H groups in total. The maximum absolute atomic E-state index is 4.77. The molecule has 20 heavy (non-hydrogen) atoms. The molecule has 0 spiro atoms. The van der Waals surface area contributed by atoms with Crippen LogP contribution in [0.15, 0.2) is 18.3 Å². The van der Waals surface area contributed by atoms with Crippen molar-refractivity contribution in [1.82, 2.24) is 14.6 Å². The van der Waals surface area contributed by atoms with Gasteiger partial charge in [-0.1, -0.05) is 13.8 Å².